The van der Waals surface area contributed by atoms with Crippen LogP contribution in [0.25, 0.3) is 0 Å². The first-order chi connectivity index (χ1) is 16.3. The second-order valence-electron chi connectivity index (χ2n) is 10.1. The lowest BCUT2D eigenvalue weighted by molar-refractivity contribution is -0.148. The Bertz CT molecular complexity index is 1230. The number of Topliss-reactive ketones (excluding diaryl/α,β-unsaturated/α-hetero) is 2. The number of benzene rings is 1. The molecule has 4 atom stereocenters. The quantitative estimate of drug-likeness (QED) is 0.334. The number of hydrogen-bond acceptors (Lipinski definition) is 9. The molecule has 8 N–H and O–H groups in total. The Hall–Kier alpha value is -3.21. The Kier molecular flexibility index (Phi) is 5.82. The van der Waals surface area contributed by atoms with Gasteiger partial charge in [-0.3, -0.25) is 19.3 Å². The van der Waals surface area contributed by atoms with Gasteiger partial charge < -0.3 is 31.9 Å². The Morgan fingerprint density at radius 3 is 2.37 bits per heavy atom. The molecule has 1 aromatic carbocycles. The lowest BCUT2D eigenvalue weighted by atomic mass is 9.58. The summed E-state index contributed by atoms with van der Waals surface area (Å²) in [5.74, 6) is -6.60. The summed E-state index contributed by atoms with van der Waals surface area (Å²) in [5.41, 5.74) is 9.32. The molecular formula is C25H31N3O7. The smallest absolute Gasteiger partial charge is 0.255 e. The number of rotatable bonds is 4. The van der Waals surface area contributed by atoms with Crippen LogP contribution in [0.4, 0.5) is 0 Å². The maximum absolute atomic E-state index is 13.7. The van der Waals surface area contributed by atoms with Gasteiger partial charge in [0.25, 0.3) is 5.91 Å². The number of likely N-dealkylation sites (N-methyl/N-ethyl adjacent to an activating group) is 1. The van der Waals surface area contributed by atoms with Crippen LogP contribution in [0.5, 0.6) is 5.75 Å². The minimum Gasteiger partial charge on any atom is -0.510 e. The predicted molar refractivity (Wildman–Crippen MR) is 126 cm³/mol. The summed E-state index contributed by atoms with van der Waals surface area (Å²) in [4.78, 5) is 40.6. The highest BCUT2D eigenvalue weighted by Crippen LogP contribution is 2.53. The number of amides is 1. The molecule has 0 saturated heterocycles. The van der Waals surface area contributed by atoms with Gasteiger partial charge in [0.15, 0.2) is 11.4 Å². The molecule has 0 fully saturated rings. The number of nitrogens with two attached hydrogens (primary N) is 2. The highest BCUT2D eigenvalue weighted by Gasteiger charge is 2.63. The van der Waals surface area contributed by atoms with Crippen LogP contribution in [0, 0.1) is 11.8 Å². The van der Waals surface area contributed by atoms with Crippen molar-refractivity contribution in [2.24, 2.45) is 23.3 Å². The molecule has 10 nitrogen and oxygen atoms in total. The SMILES string of the molecule is CC(C)c1cc(CN)c(O)c2c1C[C@H]1C[C@H]3[C@H](N(C)C)C(O)=C(C(N)=O)C(=O)[C@@]3(O)C(O)=C1C2=O. The summed E-state index contributed by atoms with van der Waals surface area (Å²) < 4.78 is 0. The van der Waals surface area contributed by atoms with Crippen LogP contribution in [-0.2, 0) is 22.6 Å². The van der Waals surface area contributed by atoms with Gasteiger partial charge >= 0.3 is 0 Å². The fraction of sp³-hybridized carbons (Fsp3) is 0.480. The molecule has 1 amide bonds. The number of aliphatic hydroxyl groups is 3. The van der Waals surface area contributed by atoms with Crippen molar-refractivity contribution >= 4 is 17.5 Å². The molecule has 0 aliphatic heterocycles. The number of primary amides is 1. The van der Waals surface area contributed by atoms with Crippen molar-refractivity contribution in [3.8, 4) is 5.75 Å². The Morgan fingerprint density at radius 2 is 1.86 bits per heavy atom. The van der Waals surface area contributed by atoms with Gasteiger partial charge in [0.05, 0.1) is 11.6 Å². The van der Waals surface area contributed by atoms with Gasteiger partial charge in [-0.2, -0.15) is 0 Å². The predicted octanol–water partition coefficient (Wildman–Crippen LogP) is 0.703. The maximum atomic E-state index is 13.7. The van der Waals surface area contributed by atoms with E-state index in [0.29, 0.717) is 11.1 Å². The third kappa shape index (κ3) is 3.24. The van der Waals surface area contributed by atoms with Crippen molar-refractivity contribution < 1.29 is 34.8 Å². The molecule has 3 aliphatic carbocycles. The fourth-order valence-electron chi connectivity index (χ4n) is 6.08. The van der Waals surface area contributed by atoms with E-state index >= 15 is 0 Å². The molecule has 35 heavy (non-hydrogen) atoms. The van der Waals surface area contributed by atoms with Gasteiger partial charge in [-0.05, 0) is 49.9 Å². The van der Waals surface area contributed by atoms with Gasteiger partial charge in [0.2, 0.25) is 5.78 Å². The molecule has 0 bridgehead atoms. The maximum Gasteiger partial charge on any atom is 0.255 e. The standard InChI is InChI=1S/C25H31N3O7/c1-9(2)12-6-11(8-26)19(29)16-13(12)5-10-7-14-18(28(3)4)21(31)17(24(27)34)23(33)25(14,35)22(32)15(10)20(16)30/h6,9-10,14,18,29,31-32,35H,5,7-8,26H2,1-4H3,(H2,27,34)/t10-,14-,18-,25-/m0/s1. The first-order valence-electron chi connectivity index (χ1n) is 11.5. The molecule has 0 aromatic heterocycles. The van der Waals surface area contributed by atoms with Crippen molar-refractivity contribution in [3.05, 3.63) is 51.0 Å². The van der Waals surface area contributed by atoms with E-state index in [9.17, 15) is 34.8 Å². The monoisotopic (exact) mass is 485 g/mol. The molecule has 4 rings (SSSR count). The first-order valence-corrected chi connectivity index (χ1v) is 11.5. The minimum atomic E-state index is -2.65. The van der Waals surface area contributed by atoms with Crippen LogP contribution in [-0.4, -0.2) is 68.5 Å². The molecule has 10 heteroatoms. The van der Waals surface area contributed by atoms with Crippen molar-refractivity contribution in [1.29, 1.82) is 0 Å². The average Bonchev–Trinajstić information content (AvgIpc) is 2.75. The van der Waals surface area contributed by atoms with E-state index in [4.69, 9.17) is 11.5 Å². The summed E-state index contributed by atoms with van der Waals surface area (Å²) in [5, 5.41) is 44.6. The zero-order chi connectivity index (χ0) is 26.1. The zero-order valence-corrected chi connectivity index (χ0v) is 20.1. The van der Waals surface area contributed by atoms with Gasteiger partial charge in [-0.1, -0.05) is 19.9 Å². The molecule has 0 radical (unpaired) electrons. The molecule has 0 spiro atoms. The Balaban J connectivity index is 2.00. The number of carbonyl (C=O) groups excluding carboxylic acids is 3. The Labute approximate surface area is 202 Å². The lowest BCUT2D eigenvalue weighted by Crippen LogP contribution is -2.63. The van der Waals surface area contributed by atoms with Crippen LogP contribution in [0.1, 0.15) is 53.2 Å². The van der Waals surface area contributed by atoms with Gasteiger partial charge in [-0.15, -0.1) is 0 Å². The van der Waals surface area contributed by atoms with E-state index in [-0.39, 0.29) is 42.2 Å². The van der Waals surface area contributed by atoms with Crippen LogP contribution in [0.2, 0.25) is 0 Å². The molecule has 0 unspecified atom stereocenters. The van der Waals surface area contributed by atoms with Crippen molar-refractivity contribution in [2.45, 2.75) is 50.8 Å². The summed E-state index contributed by atoms with van der Waals surface area (Å²) in [6.07, 6.45) is 0.323. The second-order valence-corrected chi connectivity index (χ2v) is 10.1. The van der Waals surface area contributed by atoms with Crippen LogP contribution >= 0.6 is 0 Å². The number of phenolic OH excluding ortho intramolecular Hbond substituents is 1. The summed E-state index contributed by atoms with van der Waals surface area (Å²) in [7, 11) is 3.19. The lowest BCUT2D eigenvalue weighted by Gasteiger charge is -2.50. The first kappa shape index (κ1) is 24.9. The van der Waals surface area contributed by atoms with Gasteiger partial charge in [-0.25, -0.2) is 0 Å². The molecule has 0 saturated carbocycles. The zero-order valence-electron chi connectivity index (χ0n) is 20.1. The molecule has 1 aromatic rings. The number of fused-ring (bicyclic) bond motifs is 3. The van der Waals surface area contributed by atoms with Gasteiger partial charge in [0.1, 0.15) is 22.8 Å². The number of ketones is 2. The van der Waals surface area contributed by atoms with E-state index in [0.717, 1.165) is 5.56 Å². The molecular weight excluding hydrogens is 454 g/mol. The third-order valence-electron chi connectivity index (χ3n) is 7.68. The van der Waals surface area contributed by atoms with Crippen LogP contribution in [0.3, 0.4) is 0 Å². The number of phenols is 1. The van der Waals surface area contributed by atoms with E-state index < -0.39 is 58.0 Å². The number of aliphatic hydroxyl groups excluding tert-OH is 2. The number of nitrogens with zero attached hydrogens (tertiary/aromatic N) is 1. The average molecular weight is 486 g/mol. The molecule has 3 aliphatic rings. The minimum absolute atomic E-state index is 0.00238. The van der Waals surface area contributed by atoms with E-state index in [1.54, 1.807) is 20.2 Å². The highest BCUT2D eigenvalue weighted by molar-refractivity contribution is 6.24. The summed E-state index contributed by atoms with van der Waals surface area (Å²) in [6.45, 7) is 3.90. The van der Waals surface area contributed by atoms with Crippen molar-refractivity contribution in [3.63, 3.8) is 0 Å². The van der Waals surface area contributed by atoms with Crippen LogP contribution < -0.4 is 11.5 Å². The van der Waals surface area contributed by atoms with Crippen molar-refractivity contribution in [2.75, 3.05) is 14.1 Å². The summed E-state index contributed by atoms with van der Waals surface area (Å²) >= 11 is 0. The van der Waals surface area contributed by atoms with Crippen molar-refractivity contribution in [1.82, 2.24) is 4.90 Å². The van der Waals surface area contributed by atoms with Gasteiger partial charge in [0, 0.05) is 23.6 Å². The topological polar surface area (TPSA) is 187 Å². The highest BCUT2D eigenvalue weighted by atomic mass is 16.3. The summed E-state index contributed by atoms with van der Waals surface area (Å²) in [6, 6.07) is 0.762. The number of carbonyl (C=O) groups is 3. The van der Waals surface area contributed by atoms with E-state index in [1.165, 1.54) is 4.90 Å². The normalized spacial score (nSPS) is 28.4. The number of aromatic hydroxyl groups is 1. The molecule has 0 heterocycles. The largest absolute Gasteiger partial charge is 0.510 e. The number of hydrogen-bond donors (Lipinski definition) is 6. The second kappa shape index (κ2) is 8.18. The fourth-order valence-corrected chi connectivity index (χ4v) is 6.08. The van der Waals surface area contributed by atoms with Crippen LogP contribution in [0.15, 0.2) is 28.7 Å². The van der Waals surface area contributed by atoms with E-state index in [2.05, 4.69) is 0 Å². The Morgan fingerprint density at radius 1 is 1.23 bits per heavy atom. The molecule has 188 valence electrons. The third-order valence-corrected chi connectivity index (χ3v) is 7.68. The van der Waals surface area contributed by atoms with E-state index in [1.807, 2.05) is 13.8 Å². The number of allylic oxidation sites excluding steroid dienone is 1.